The van der Waals surface area contributed by atoms with Crippen LogP contribution in [0.15, 0.2) is 18.5 Å². The van der Waals surface area contributed by atoms with Crippen molar-refractivity contribution in [2.24, 2.45) is 7.05 Å². The molecule has 3 rings (SSSR count). The van der Waals surface area contributed by atoms with Crippen molar-refractivity contribution in [3.05, 3.63) is 28.2 Å². The second-order valence-electron chi connectivity index (χ2n) is 8.40. The van der Waals surface area contributed by atoms with Gasteiger partial charge in [0.25, 0.3) is 0 Å². The van der Waals surface area contributed by atoms with Crippen LogP contribution in [0.1, 0.15) is 75.0 Å². The first-order valence-corrected chi connectivity index (χ1v) is 12.6. The van der Waals surface area contributed by atoms with E-state index < -0.39 is 16.2 Å². The number of hydrogen-bond acceptors (Lipinski definition) is 5. The fraction of sp³-hybridized carbons (Fsp3) is 0.600. The van der Waals surface area contributed by atoms with Crippen LogP contribution in [0.25, 0.3) is 0 Å². The molecule has 0 aliphatic heterocycles. The molecule has 0 atom stereocenters. The normalized spacial score (nSPS) is 15.2. The molecular weight excluding hydrogens is 422 g/mol. The third-order valence-electron chi connectivity index (χ3n) is 5.20. The lowest BCUT2D eigenvalue weighted by atomic mass is 10.1. The first kappa shape index (κ1) is 22.6. The molecule has 2 heterocycles. The van der Waals surface area contributed by atoms with Gasteiger partial charge >= 0.3 is 16.2 Å². The number of nitrogens with one attached hydrogen (secondary N) is 2. The van der Waals surface area contributed by atoms with Gasteiger partial charge in [-0.3, -0.25) is 4.68 Å². The Kier molecular flexibility index (Phi) is 6.76. The number of hydrogen-bond donors (Lipinski definition) is 2. The Bertz CT molecular complexity index is 988. The van der Waals surface area contributed by atoms with E-state index in [1.807, 2.05) is 6.07 Å². The zero-order valence-corrected chi connectivity index (χ0v) is 19.8. The van der Waals surface area contributed by atoms with Gasteiger partial charge in [-0.2, -0.15) is 13.5 Å². The number of nitrogens with zero attached hydrogens (tertiary/aromatic N) is 3. The molecule has 0 radical (unpaired) electrons. The molecule has 1 saturated carbocycles. The Hall–Kier alpha value is -2.07. The molecule has 30 heavy (non-hydrogen) atoms. The molecule has 2 N–H and O–H groups in total. The minimum absolute atomic E-state index is 0.181. The van der Waals surface area contributed by atoms with Crippen molar-refractivity contribution in [3.8, 4) is 0 Å². The van der Waals surface area contributed by atoms with Crippen molar-refractivity contribution in [2.75, 3.05) is 9.62 Å². The van der Waals surface area contributed by atoms with Crippen LogP contribution >= 0.6 is 11.3 Å². The molecule has 1 aliphatic rings. The van der Waals surface area contributed by atoms with Gasteiger partial charge in [-0.05, 0) is 30.7 Å². The van der Waals surface area contributed by atoms with Gasteiger partial charge in [0.05, 0.1) is 17.6 Å². The van der Waals surface area contributed by atoms with E-state index in [0.29, 0.717) is 17.3 Å². The van der Waals surface area contributed by atoms with Crippen molar-refractivity contribution in [2.45, 2.75) is 71.3 Å². The second-order valence-corrected chi connectivity index (χ2v) is 11.1. The Morgan fingerprint density at radius 2 is 1.90 bits per heavy atom. The Morgan fingerprint density at radius 3 is 2.43 bits per heavy atom. The van der Waals surface area contributed by atoms with Gasteiger partial charge in [0.2, 0.25) is 0 Å². The lowest BCUT2D eigenvalue weighted by Gasteiger charge is -2.28. The smallest absolute Gasteiger partial charge is 0.306 e. The zero-order valence-electron chi connectivity index (χ0n) is 18.2. The molecule has 0 spiro atoms. The molecular formula is C20H31N5O3S2. The summed E-state index contributed by atoms with van der Waals surface area (Å²) in [6, 6.07) is 1.00. The number of aromatic nitrogens is 2. The predicted octanol–water partition coefficient (Wildman–Crippen LogP) is 4.54. The fourth-order valence-electron chi connectivity index (χ4n) is 3.76. The number of amides is 2. The van der Waals surface area contributed by atoms with Gasteiger partial charge in [0.1, 0.15) is 0 Å². The highest BCUT2D eigenvalue weighted by atomic mass is 32.2. The van der Waals surface area contributed by atoms with E-state index in [2.05, 4.69) is 42.8 Å². The molecule has 166 valence electrons. The van der Waals surface area contributed by atoms with E-state index in [-0.39, 0.29) is 12.0 Å². The molecule has 0 unspecified atom stereocenters. The molecule has 2 aromatic heterocycles. The van der Waals surface area contributed by atoms with Crippen LogP contribution in [0, 0.1) is 0 Å². The summed E-state index contributed by atoms with van der Waals surface area (Å²) >= 11 is 1.65. The van der Waals surface area contributed by atoms with Crippen LogP contribution in [-0.2, 0) is 17.3 Å². The Labute approximate surface area is 182 Å². The summed E-state index contributed by atoms with van der Waals surface area (Å²) < 4.78 is 31.4. The van der Waals surface area contributed by atoms with Crippen molar-refractivity contribution in [3.63, 3.8) is 0 Å². The number of carbonyl (C=O) groups excluding carboxylic acids is 1. The molecule has 0 aromatic carbocycles. The van der Waals surface area contributed by atoms with E-state index >= 15 is 0 Å². The minimum Gasteiger partial charge on any atom is -0.306 e. The van der Waals surface area contributed by atoms with Crippen LogP contribution in [0.2, 0.25) is 0 Å². The molecule has 8 nitrogen and oxygen atoms in total. The highest BCUT2D eigenvalue weighted by molar-refractivity contribution is 7.91. The summed E-state index contributed by atoms with van der Waals surface area (Å²) in [7, 11) is -2.35. The average Bonchev–Trinajstić information content (AvgIpc) is 3.36. The molecule has 0 saturated heterocycles. The number of aryl methyl sites for hydroxylation is 1. The van der Waals surface area contributed by atoms with Gasteiger partial charge < -0.3 is 5.32 Å². The largest absolute Gasteiger partial charge is 0.334 e. The van der Waals surface area contributed by atoms with Crippen LogP contribution in [-0.4, -0.2) is 30.3 Å². The van der Waals surface area contributed by atoms with Gasteiger partial charge in [-0.1, -0.05) is 40.5 Å². The maximum atomic E-state index is 13.2. The van der Waals surface area contributed by atoms with E-state index in [9.17, 15) is 13.2 Å². The van der Waals surface area contributed by atoms with Crippen molar-refractivity contribution in [1.29, 1.82) is 0 Å². The van der Waals surface area contributed by atoms with Crippen LogP contribution in [0.3, 0.4) is 0 Å². The first-order valence-electron chi connectivity index (χ1n) is 10.3. The predicted molar refractivity (Wildman–Crippen MR) is 122 cm³/mol. The average molecular weight is 454 g/mol. The van der Waals surface area contributed by atoms with Crippen molar-refractivity contribution in [1.82, 2.24) is 14.5 Å². The van der Waals surface area contributed by atoms with E-state index in [1.54, 1.807) is 29.3 Å². The quantitative estimate of drug-likeness (QED) is 0.643. The number of rotatable bonds is 7. The summed E-state index contributed by atoms with van der Waals surface area (Å²) in [6.45, 7) is 8.30. The summed E-state index contributed by atoms with van der Waals surface area (Å²) in [5, 5.41) is 6.86. The van der Waals surface area contributed by atoms with Gasteiger partial charge in [0.15, 0.2) is 0 Å². The topological polar surface area (TPSA) is 96.3 Å². The standard InChI is InChI=1S/C20H31N5O3S2/c1-13(2)18-10-17(19(29-18)14(3)4)22-20(26)23-30(27,28)25(15-8-6-7-9-15)16-11-21-24(5)12-16/h10-15H,6-9H2,1-5H3,(H2,22,23,26). The molecule has 10 heteroatoms. The van der Waals surface area contributed by atoms with Gasteiger partial charge in [-0.15, -0.1) is 11.3 Å². The monoisotopic (exact) mass is 453 g/mol. The lowest BCUT2D eigenvalue weighted by molar-refractivity contribution is 0.256. The third kappa shape index (κ3) is 4.97. The zero-order chi connectivity index (χ0) is 22.1. The van der Waals surface area contributed by atoms with Gasteiger partial charge in [0, 0.05) is 29.0 Å². The molecule has 2 amide bonds. The Balaban J connectivity index is 1.82. The van der Waals surface area contributed by atoms with Crippen LogP contribution in [0.5, 0.6) is 0 Å². The highest BCUT2D eigenvalue weighted by Gasteiger charge is 2.34. The fourth-order valence-corrected chi connectivity index (χ4v) is 6.24. The summed E-state index contributed by atoms with van der Waals surface area (Å²) in [5.74, 6) is 0.554. The maximum Gasteiger partial charge on any atom is 0.334 e. The van der Waals surface area contributed by atoms with Crippen molar-refractivity contribution >= 4 is 39.0 Å². The van der Waals surface area contributed by atoms with E-state index in [0.717, 1.165) is 35.4 Å². The number of carbonyl (C=O) groups is 1. The van der Waals surface area contributed by atoms with E-state index in [4.69, 9.17) is 0 Å². The molecule has 2 aromatic rings. The number of anilines is 2. The maximum absolute atomic E-state index is 13.2. The molecule has 1 aliphatic carbocycles. The minimum atomic E-state index is -4.09. The number of urea groups is 1. The van der Waals surface area contributed by atoms with E-state index in [1.165, 1.54) is 10.5 Å². The van der Waals surface area contributed by atoms with Gasteiger partial charge in [-0.25, -0.2) is 13.8 Å². The Morgan fingerprint density at radius 1 is 1.23 bits per heavy atom. The SMILES string of the molecule is CC(C)c1cc(NC(=O)NS(=O)(=O)N(c2cnn(C)c2)C2CCCC2)c(C(C)C)s1. The molecule has 0 bridgehead atoms. The van der Waals surface area contributed by atoms with Crippen LogP contribution < -0.4 is 14.3 Å². The summed E-state index contributed by atoms with van der Waals surface area (Å²) in [4.78, 5) is 14.9. The second kappa shape index (κ2) is 8.97. The van der Waals surface area contributed by atoms with Crippen LogP contribution in [0.4, 0.5) is 16.2 Å². The summed E-state index contributed by atoms with van der Waals surface area (Å²) in [5.41, 5.74) is 1.13. The van der Waals surface area contributed by atoms with Crippen molar-refractivity contribution < 1.29 is 13.2 Å². The number of thiophene rings is 1. The third-order valence-corrected chi connectivity index (χ3v) is 8.41. The first-order chi connectivity index (χ1) is 14.1. The molecule has 1 fully saturated rings. The summed E-state index contributed by atoms with van der Waals surface area (Å²) in [6.07, 6.45) is 6.62. The lowest BCUT2D eigenvalue weighted by Crippen LogP contribution is -2.49. The highest BCUT2D eigenvalue weighted by Crippen LogP contribution is 2.37.